The molecule has 0 heterocycles. The smallest absolute Gasteiger partial charge is 0.239 e. The van der Waals surface area contributed by atoms with Gasteiger partial charge in [-0.15, -0.1) is 0 Å². The Bertz CT molecular complexity index is 693. The molecule has 0 saturated heterocycles. The average molecular weight is 388 g/mol. The Morgan fingerprint density at radius 2 is 1.65 bits per heavy atom. The molecule has 0 aliphatic carbocycles. The maximum atomic E-state index is 12.3. The van der Waals surface area contributed by atoms with Gasteiger partial charge in [0.2, 0.25) is 21.7 Å². The molecule has 0 fully saturated rings. The lowest BCUT2D eigenvalue weighted by molar-refractivity contribution is -0.116. The molecule has 0 atom stereocenters. The number of rotatable bonds is 10. The van der Waals surface area contributed by atoms with Crippen molar-refractivity contribution in [1.82, 2.24) is 4.31 Å². The predicted molar refractivity (Wildman–Crippen MR) is 101 cm³/mol. The second kappa shape index (κ2) is 9.63. The SMILES string of the molecule is COc1cc(NC(=O)CN(CCC(C)C)S(C)(=O)=O)cc(OC)c1OC. The van der Waals surface area contributed by atoms with Crippen molar-refractivity contribution >= 4 is 21.6 Å². The van der Waals surface area contributed by atoms with Gasteiger partial charge in [-0.3, -0.25) is 4.79 Å². The monoisotopic (exact) mass is 388 g/mol. The highest BCUT2D eigenvalue weighted by atomic mass is 32.2. The second-order valence-electron chi connectivity index (χ2n) is 6.24. The highest BCUT2D eigenvalue weighted by Gasteiger charge is 2.21. The number of carbonyl (C=O) groups excluding carboxylic acids is 1. The molecule has 1 rings (SSSR count). The maximum absolute atomic E-state index is 12.3. The van der Waals surface area contributed by atoms with Gasteiger partial charge in [-0.25, -0.2) is 8.42 Å². The lowest BCUT2D eigenvalue weighted by atomic mass is 10.1. The van der Waals surface area contributed by atoms with Gasteiger partial charge in [-0.1, -0.05) is 13.8 Å². The Kier molecular flexibility index (Phi) is 8.16. The Balaban J connectivity index is 2.95. The molecule has 0 radical (unpaired) electrons. The zero-order valence-electron chi connectivity index (χ0n) is 16.2. The van der Waals surface area contributed by atoms with Crippen molar-refractivity contribution < 1.29 is 27.4 Å². The zero-order chi connectivity index (χ0) is 19.9. The largest absolute Gasteiger partial charge is 0.493 e. The molecule has 0 spiro atoms. The van der Waals surface area contributed by atoms with Gasteiger partial charge in [0.15, 0.2) is 11.5 Å². The molecular formula is C17H28N2O6S. The number of methoxy groups -OCH3 is 3. The number of amides is 1. The first-order valence-electron chi connectivity index (χ1n) is 8.17. The van der Waals surface area contributed by atoms with Gasteiger partial charge in [0, 0.05) is 24.4 Å². The van der Waals surface area contributed by atoms with Crippen LogP contribution in [0.3, 0.4) is 0 Å². The number of benzene rings is 1. The van der Waals surface area contributed by atoms with Crippen molar-refractivity contribution in [3.8, 4) is 17.2 Å². The van der Waals surface area contributed by atoms with Gasteiger partial charge in [-0.05, 0) is 12.3 Å². The summed E-state index contributed by atoms with van der Waals surface area (Å²) in [7, 11) is 0.947. The van der Waals surface area contributed by atoms with Crippen LogP contribution in [-0.2, 0) is 14.8 Å². The van der Waals surface area contributed by atoms with E-state index < -0.39 is 15.9 Å². The molecule has 0 aliphatic heterocycles. The maximum Gasteiger partial charge on any atom is 0.239 e. The lowest BCUT2D eigenvalue weighted by Gasteiger charge is -2.21. The Labute approximate surface area is 155 Å². The first-order valence-corrected chi connectivity index (χ1v) is 10.0. The third kappa shape index (κ3) is 6.38. The van der Waals surface area contributed by atoms with Crippen molar-refractivity contribution in [2.75, 3.05) is 46.0 Å². The highest BCUT2D eigenvalue weighted by molar-refractivity contribution is 7.88. The zero-order valence-corrected chi connectivity index (χ0v) is 17.0. The van der Waals surface area contributed by atoms with Crippen molar-refractivity contribution in [2.24, 2.45) is 5.92 Å². The van der Waals surface area contributed by atoms with Crippen LogP contribution >= 0.6 is 0 Å². The number of nitrogens with zero attached hydrogens (tertiary/aromatic N) is 1. The summed E-state index contributed by atoms with van der Waals surface area (Å²) in [5.74, 6) is 1.07. The van der Waals surface area contributed by atoms with E-state index in [4.69, 9.17) is 14.2 Å². The summed E-state index contributed by atoms with van der Waals surface area (Å²) in [4.78, 5) is 12.3. The molecule has 1 N–H and O–H groups in total. The van der Waals surface area contributed by atoms with Crippen LogP contribution in [0.2, 0.25) is 0 Å². The molecule has 8 nitrogen and oxygen atoms in total. The fraction of sp³-hybridized carbons (Fsp3) is 0.588. The van der Waals surface area contributed by atoms with Crippen LogP contribution < -0.4 is 19.5 Å². The molecule has 1 aromatic rings. The number of nitrogens with one attached hydrogen (secondary N) is 1. The normalized spacial score (nSPS) is 11.5. The molecule has 0 bridgehead atoms. The molecule has 148 valence electrons. The first kappa shape index (κ1) is 22.0. The predicted octanol–water partition coefficient (Wildman–Crippen LogP) is 1.96. The number of sulfonamides is 1. The fourth-order valence-electron chi connectivity index (χ4n) is 2.28. The van der Waals surface area contributed by atoms with Crippen LogP contribution in [0.15, 0.2) is 12.1 Å². The van der Waals surface area contributed by atoms with E-state index in [9.17, 15) is 13.2 Å². The standard InChI is InChI=1S/C17H28N2O6S/c1-12(2)7-8-19(26(6,21)22)11-16(20)18-13-9-14(23-3)17(25-5)15(10-13)24-4/h9-10,12H,7-8,11H2,1-6H3,(H,18,20). The number of carbonyl (C=O) groups is 1. The quantitative estimate of drug-likeness (QED) is 0.658. The van der Waals surface area contributed by atoms with E-state index in [1.54, 1.807) is 12.1 Å². The van der Waals surface area contributed by atoms with Gasteiger partial charge < -0.3 is 19.5 Å². The van der Waals surface area contributed by atoms with Crippen LogP contribution in [0, 0.1) is 5.92 Å². The summed E-state index contributed by atoms with van der Waals surface area (Å²) in [6.45, 7) is 4.02. The van der Waals surface area contributed by atoms with E-state index in [0.29, 0.717) is 41.8 Å². The molecule has 0 saturated carbocycles. The summed E-state index contributed by atoms with van der Waals surface area (Å²) >= 11 is 0. The number of anilines is 1. The van der Waals surface area contributed by atoms with E-state index in [2.05, 4.69) is 5.32 Å². The van der Waals surface area contributed by atoms with E-state index in [0.717, 1.165) is 6.26 Å². The molecule has 0 aliphatic rings. The second-order valence-corrected chi connectivity index (χ2v) is 8.22. The molecule has 26 heavy (non-hydrogen) atoms. The van der Waals surface area contributed by atoms with Crippen molar-refractivity contribution in [1.29, 1.82) is 0 Å². The van der Waals surface area contributed by atoms with Gasteiger partial charge in [0.1, 0.15) is 0 Å². The number of hydrogen-bond acceptors (Lipinski definition) is 6. The van der Waals surface area contributed by atoms with E-state index in [1.165, 1.54) is 25.6 Å². The van der Waals surface area contributed by atoms with Crippen LogP contribution in [0.4, 0.5) is 5.69 Å². The van der Waals surface area contributed by atoms with E-state index in [1.807, 2.05) is 13.8 Å². The van der Waals surface area contributed by atoms with Crippen LogP contribution in [0.25, 0.3) is 0 Å². The van der Waals surface area contributed by atoms with Gasteiger partial charge >= 0.3 is 0 Å². The van der Waals surface area contributed by atoms with Gasteiger partial charge in [0.05, 0.1) is 34.1 Å². The van der Waals surface area contributed by atoms with Crippen LogP contribution in [-0.4, -0.2) is 59.3 Å². The minimum absolute atomic E-state index is 0.262. The molecular weight excluding hydrogens is 360 g/mol. The molecule has 9 heteroatoms. The minimum atomic E-state index is -3.48. The summed E-state index contributed by atoms with van der Waals surface area (Å²) in [6.07, 6.45) is 1.77. The van der Waals surface area contributed by atoms with Crippen LogP contribution in [0.5, 0.6) is 17.2 Å². The third-order valence-electron chi connectivity index (χ3n) is 3.69. The van der Waals surface area contributed by atoms with Gasteiger partial charge in [-0.2, -0.15) is 4.31 Å². The van der Waals surface area contributed by atoms with Crippen molar-refractivity contribution in [2.45, 2.75) is 20.3 Å². The fourth-order valence-corrected chi connectivity index (χ4v) is 3.07. The van der Waals surface area contributed by atoms with E-state index in [-0.39, 0.29) is 6.54 Å². The Morgan fingerprint density at radius 3 is 2.04 bits per heavy atom. The summed E-state index contributed by atoms with van der Waals surface area (Å²) in [5.41, 5.74) is 0.418. The summed E-state index contributed by atoms with van der Waals surface area (Å²) < 4.78 is 40.7. The topological polar surface area (TPSA) is 94.2 Å². The average Bonchev–Trinajstić information content (AvgIpc) is 2.56. The molecule has 1 amide bonds. The first-order chi connectivity index (χ1) is 12.1. The molecule has 0 unspecified atom stereocenters. The van der Waals surface area contributed by atoms with E-state index >= 15 is 0 Å². The highest BCUT2D eigenvalue weighted by Crippen LogP contribution is 2.39. The van der Waals surface area contributed by atoms with Crippen molar-refractivity contribution in [3.63, 3.8) is 0 Å². The minimum Gasteiger partial charge on any atom is -0.493 e. The van der Waals surface area contributed by atoms with Crippen molar-refractivity contribution in [3.05, 3.63) is 12.1 Å². The lowest BCUT2D eigenvalue weighted by Crippen LogP contribution is -2.38. The molecule has 0 aromatic heterocycles. The summed E-state index contributed by atoms with van der Waals surface area (Å²) in [5, 5.41) is 2.67. The summed E-state index contributed by atoms with van der Waals surface area (Å²) in [6, 6.07) is 3.16. The van der Waals surface area contributed by atoms with Crippen LogP contribution in [0.1, 0.15) is 20.3 Å². The third-order valence-corrected chi connectivity index (χ3v) is 4.94. The Hall–Kier alpha value is -2.00. The number of ether oxygens (including phenoxy) is 3. The van der Waals surface area contributed by atoms with Gasteiger partial charge in [0.25, 0.3) is 0 Å². The molecule has 1 aromatic carbocycles. The Morgan fingerprint density at radius 1 is 1.12 bits per heavy atom. The number of hydrogen-bond donors (Lipinski definition) is 1.